The topological polar surface area (TPSA) is 53.9 Å². The van der Waals surface area contributed by atoms with Crippen LogP contribution in [0, 0.1) is 12.8 Å². The van der Waals surface area contributed by atoms with Crippen LogP contribution in [0.4, 0.5) is 11.6 Å². The van der Waals surface area contributed by atoms with Crippen LogP contribution in [-0.2, 0) is 0 Å². The molecule has 1 atom stereocenters. The molecule has 0 aromatic carbocycles. The second-order valence-corrected chi connectivity index (χ2v) is 6.72. The first-order chi connectivity index (χ1) is 11.3. The second kappa shape index (κ2) is 6.24. The fourth-order valence-electron chi connectivity index (χ4n) is 3.35. The molecule has 1 saturated carbocycles. The predicted molar refractivity (Wildman–Crippen MR) is 90.6 cm³/mol. The maximum absolute atomic E-state index is 4.81. The van der Waals surface area contributed by atoms with Gasteiger partial charge in [-0.2, -0.15) is 0 Å². The molecule has 120 valence electrons. The monoisotopic (exact) mass is 309 g/mol. The standard InChI is InChI=1S/C18H23N5/c1-13-4-2-8-20-18(13)22-17-11-19-10-15(21-17)16-5-3-9-23(16)12-14-6-7-14/h2,4,8,10-11,14,16H,3,5-7,9,12H2,1H3,(H,20,21,22)/t16-/m1/s1. The van der Waals surface area contributed by atoms with E-state index < -0.39 is 0 Å². The fraction of sp³-hybridized carbons (Fsp3) is 0.500. The summed E-state index contributed by atoms with van der Waals surface area (Å²) in [7, 11) is 0. The van der Waals surface area contributed by atoms with Gasteiger partial charge in [-0.3, -0.25) is 9.88 Å². The van der Waals surface area contributed by atoms with Gasteiger partial charge in [0, 0.05) is 12.7 Å². The van der Waals surface area contributed by atoms with Gasteiger partial charge in [-0.25, -0.2) is 9.97 Å². The summed E-state index contributed by atoms with van der Waals surface area (Å²) in [6.07, 6.45) is 10.7. The van der Waals surface area contributed by atoms with Gasteiger partial charge in [0.15, 0.2) is 0 Å². The van der Waals surface area contributed by atoms with E-state index in [9.17, 15) is 0 Å². The highest BCUT2D eigenvalue weighted by molar-refractivity contribution is 5.54. The van der Waals surface area contributed by atoms with Crippen molar-refractivity contribution >= 4 is 11.6 Å². The smallest absolute Gasteiger partial charge is 0.150 e. The van der Waals surface area contributed by atoms with E-state index in [2.05, 4.69) is 20.2 Å². The van der Waals surface area contributed by atoms with E-state index in [0.717, 1.165) is 28.8 Å². The molecule has 2 fully saturated rings. The Kier molecular flexibility index (Phi) is 3.95. The summed E-state index contributed by atoms with van der Waals surface area (Å²) in [5, 5.41) is 3.30. The van der Waals surface area contributed by atoms with Crippen molar-refractivity contribution in [3.05, 3.63) is 42.0 Å². The maximum atomic E-state index is 4.81. The lowest BCUT2D eigenvalue weighted by Gasteiger charge is -2.24. The second-order valence-electron chi connectivity index (χ2n) is 6.72. The molecule has 1 aliphatic carbocycles. The Morgan fingerprint density at radius 3 is 3.00 bits per heavy atom. The SMILES string of the molecule is Cc1cccnc1Nc1cncc([C@H]2CCCN2CC2CC2)n1. The van der Waals surface area contributed by atoms with Crippen molar-refractivity contribution in [3.63, 3.8) is 0 Å². The molecule has 4 rings (SSSR count). The zero-order valence-electron chi connectivity index (χ0n) is 13.6. The van der Waals surface area contributed by atoms with Crippen molar-refractivity contribution in [1.29, 1.82) is 0 Å². The van der Waals surface area contributed by atoms with Crippen molar-refractivity contribution in [1.82, 2.24) is 19.9 Å². The highest BCUT2D eigenvalue weighted by Gasteiger charge is 2.32. The van der Waals surface area contributed by atoms with Crippen LogP contribution in [0.25, 0.3) is 0 Å². The molecule has 2 aromatic heterocycles. The zero-order chi connectivity index (χ0) is 15.6. The summed E-state index contributed by atoms with van der Waals surface area (Å²) in [4.78, 5) is 16.2. The summed E-state index contributed by atoms with van der Waals surface area (Å²) in [6.45, 7) is 4.46. The molecule has 0 unspecified atom stereocenters. The molecule has 1 saturated heterocycles. The van der Waals surface area contributed by atoms with E-state index >= 15 is 0 Å². The number of likely N-dealkylation sites (tertiary alicyclic amines) is 1. The Bertz CT molecular complexity index is 683. The first kappa shape index (κ1) is 14.6. The number of pyridine rings is 1. The van der Waals surface area contributed by atoms with Crippen LogP contribution in [-0.4, -0.2) is 32.9 Å². The third-order valence-corrected chi connectivity index (χ3v) is 4.80. The van der Waals surface area contributed by atoms with Crippen LogP contribution in [0.15, 0.2) is 30.7 Å². The summed E-state index contributed by atoms with van der Waals surface area (Å²) < 4.78 is 0. The number of aryl methyl sites for hydroxylation is 1. The van der Waals surface area contributed by atoms with Gasteiger partial charge in [0.1, 0.15) is 11.6 Å². The van der Waals surface area contributed by atoms with Crippen LogP contribution in [0.2, 0.25) is 0 Å². The van der Waals surface area contributed by atoms with Crippen LogP contribution in [0.1, 0.15) is 43.0 Å². The Labute approximate surface area is 137 Å². The number of nitrogens with zero attached hydrogens (tertiary/aromatic N) is 4. The normalized spacial score (nSPS) is 21.5. The summed E-state index contributed by atoms with van der Waals surface area (Å²) in [5.41, 5.74) is 2.19. The summed E-state index contributed by atoms with van der Waals surface area (Å²) in [6, 6.07) is 4.41. The molecule has 0 spiro atoms. The molecule has 0 amide bonds. The van der Waals surface area contributed by atoms with Crippen LogP contribution < -0.4 is 5.32 Å². The minimum Gasteiger partial charge on any atom is -0.323 e. The van der Waals surface area contributed by atoms with Crippen molar-refractivity contribution < 1.29 is 0 Å². The lowest BCUT2D eigenvalue weighted by molar-refractivity contribution is 0.242. The molecule has 1 aliphatic heterocycles. The molecule has 1 N–H and O–H groups in total. The van der Waals surface area contributed by atoms with Crippen molar-refractivity contribution in [2.75, 3.05) is 18.4 Å². The number of aromatic nitrogens is 3. The minimum absolute atomic E-state index is 0.426. The van der Waals surface area contributed by atoms with Gasteiger partial charge in [0.2, 0.25) is 0 Å². The Morgan fingerprint density at radius 1 is 1.26 bits per heavy atom. The average molecular weight is 309 g/mol. The number of hydrogen-bond donors (Lipinski definition) is 1. The molecular formula is C18H23N5. The van der Waals surface area contributed by atoms with Gasteiger partial charge < -0.3 is 5.32 Å². The summed E-state index contributed by atoms with van der Waals surface area (Å²) in [5.74, 6) is 2.55. The highest BCUT2D eigenvalue weighted by atomic mass is 15.2. The molecule has 23 heavy (non-hydrogen) atoms. The van der Waals surface area contributed by atoms with Gasteiger partial charge in [0.05, 0.1) is 24.1 Å². The first-order valence-electron chi connectivity index (χ1n) is 8.54. The van der Waals surface area contributed by atoms with E-state index in [1.165, 1.54) is 38.8 Å². The van der Waals surface area contributed by atoms with Gasteiger partial charge in [-0.1, -0.05) is 6.07 Å². The van der Waals surface area contributed by atoms with E-state index in [-0.39, 0.29) is 0 Å². The first-order valence-corrected chi connectivity index (χ1v) is 8.54. The molecular weight excluding hydrogens is 286 g/mol. The third kappa shape index (κ3) is 3.34. The number of rotatable bonds is 5. The van der Waals surface area contributed by atoms with Gasteiger partial charge in [-0.05, 0) is 56.7 Å². The van der Waals surface area contributed by atoms with Crippen LogP contribution in [0.5, 0.6) is 0 Å². The number of nitrogens with one attached hydrogen (secondary N) is 1. The average Bonchev–Trinajstić information content (AvgIpc) is 3.25. The highest BCUT2D eigenvalue weighted by Crippen LogP contribution is 2.37. The molecule has 5 heteroatoms. The Balaban J connectivity index is 1.52. The van der Waals surface area contributed by atoms with E-state index in [1.807, 2.05) is 25.3 Å². The molecule has 2 aliphatic rings. The molecule has 3 heterocycles. The van der Waals surface area contributed by atoms with Crippen molar-refractivity contribution in [2.45, 2.75) is 38.6 Å². The van der Waals surface area contributed by atoms with E-state index in [0.29, 0.717) is 6.04 Å². The fourth-order valence-corrected chi connectivity index (χ4v) is 3.35. The Hall–Kier alpha value is -2.01. The lowest BCUT2D eigenvalue weighted by Crippen LogP contribution is -2.26. The number of anilines is 2. The Morgan fingerprint density at radius 2 is 2.17 bits per heavy atom. The molecule has 5 nitrogen and oxygen atoms in total. The van der Waals surface area contributed by atoms with Gasteiger partial charge in [-0.15, -0.1) is 0 Å². The maximum Gasteiger partial charge on any atom is 0.150 e. The quantitative estimate of drug-likeness (QED) is 0.916. The predicted octanol–water partition coefficient (Wildman–Crippen LogP) is 3.47. The largest absolute Gasteiger partial charge is 0.323 e. The van der Waals surface area contributed by atoms with Crippen LogP contribution >= 0.6 is 0 Å². The lowest BCUT2D eigenvalue weighted by atomic mass is 10.1. The van der Waals surface area contributed by atoms with Gasteiger partial charge >= 0.3 is 0 Å². The van der Waals surface area contributed by atoms with E-state index in [1.54, 1.807) is 12.4 Å². The van der Waals surface area contributed by atoms with Crippen molar-refractivity contribution in [3.8, 4) is 0 Å². The zero-order valence-corrected chi connectivity index (χ0v) is 13.6. The van der Waals surface area contributed by atoms with E-state index in [4.69, 9.17) is 4.98 Å². The molecule has 0 radical (unpaired) electrons. The molecule has 0 bridgehead atoms. The van der Waals surface area contributed by atoms with Crippen molar-refractivity contribution in [2.24, 2.45) is 5.92 Å². The van der Waals surface area contributed by atoms with Crippen LogP contribution in [0.3, 0.4) is 0 Å². The third-order valence-electron chi connectivity index (χ3n) is 4.80. The summed E-state index contributed by atoms with van der Waals surface area (Å²) >= 11 is 0. The number of hydrogen-bond acceptors (Lipinski definition) is 5. The van der Waals surface area contributed by atoms with Gasteiger partial charge in [0.25, 0.3) is 0 Å². The minimum atomic E-state index is 0.426. The molecule has 2 aromatic rings.